The molecule has 0 radical (unpaired) electrons. The zero-order valence-electron chi connectivity index (χ0n) is 20.8. The topological polar surface area (TPSA) is 49.4 Å². The molecule has 4 nitrogen and oxygen atoms in total. The minimum Gasteiger partial charge on any atom is -0.352 e. The predicted octanol–water partition coefficient (Wildman–Crippen LogP) is 5.92. The quantitative estimate of drug-likeness (QED) is 0.491. The molecule has 4 heteroatoms. The van der Waals surface area contributed by atoms with Crippen LogP contribution in [0.2, 0.25) is 0 Å². The van der Waals surface area contributed by atoms with E-state index in [4.69, 9.17) is 0 Å². The fourth-order valence-corrected chi connectivity index (χ4v) is 4.76. The largest absolute Gasteiger partial charge is 0.352 e. The lowest BCUT2D eigenvalue weighted by molar-refractivity contribution is -0.141. The van der Waals surface area contributed by atoms with Gasteiger partial charge in [0.15, 0.2) is 0 Å². The highest BCUT2D eigenvalue weighted by molar-refractivity contribution is 5.88. The van der Waals surface area contributed by atoms with Gasteiger partial charge in [-0.1, -0.05) is 87.7 Å². The molecular formula is C29H40N2O2. The van der Waals surface area contributed by atoms with Crippen LogP contribution < -0.4 is 5.32 Å². The van der Waals surface area contributed by atoms with Crippen LogP contribution in [0, 0.1) is 6.92 Å². The third-order valence-corrected chi connectivity index (χ3v) is 6.80. The van der Waals surface area contributed by atoms with Gasteiger partial charge in [-0.15, -0.1) is 0 Å². The number of nitrogens with one attached hydrogen (secondary N) is 1. The van der Waals surface area contributed by atoms with Gasteiger partial charge in [0.25, 0.3) is 0 Å². The van der Waals surface area contributed by atoms with Crippen LogP contribution in [-0.4, -0.2) is 28.8 Å². The van der Waals surface area contributed by atoms with Crippen LogP contribution in [0.15, 0.2) is 48.5 Å². The van der Waals surface area contributed by atoms with Crippen molar-refractivity contribution in [2.24, 2.45) is 0 Å². The number of aryl methyl sites for hydroxylation is 2. The molecule has 1 aliphatic rings. The second-order valence-electron chi connectivity index (χ2n) is 9.82. The van der Waals surface area contributed by atoms with Crippen molar-refractivity contribution in [3.8, 4) is 0 Å². The summed E-state index contributed by atoms with van der Waals surface area (Å²) in [6, 6.07) is 16.6. The van der Waals surface area contributed by atoms with E-state index < -0.39 is 6.04 Å². The van der Waals surface area contributed by atoms with Gasteiger partial charge in [-0.25, -0.2) is 0 Å². The molecule has 3 rings (SSSR count). The van der Waals surface area contributed by atoms with Crippen molar-refractivity contribution in [3.63, 3.8) is 0 Å². The summed E-state index contributed by atoms with van der Waals surface area (Å²) in [5.74, 6) is 0.527. The fraction of sp³-hybridized carbons (Fsp3) is 0.517. The molecule has 33 heavy (non-hydrogen) atoms. The van der Waals surface area contributed by atoms with E-state index in [9.17, 15) is 9.59 Å². The number of amides is 2. The van der Waals surface area contributed by atoms with E-state index in [1.54, 1.807) is 0 Å². The average Bonchev–Trinajstić information content (AvgIpc) is 3.30. The molecule has 1 N–H and O–H groups in total. The third-order valence-electron chi connectivity index (χ3n) is 6.80. The standard InChI is InChI=1S/C29H40N2O2/c1-5-27(29(33)30-26-11-6-7-12-26)31(20-24-10-8-9-22(4)19-24)28(32)18-15-23-13-16-25(17-14-23)21(2)3/h8-10,13-14,16-17,19,21,26-27H,5-7,11-12,15,18,20H2,1-4H3,(H,30,33). The number of hydrogen-bond acceptors (Lipinski definition) is 2. The molecule has 0 heterocycles. The fourth-order valence-electron chi connectivity index (χ4n) is 4.76. The van der Waals surface area contributed by atoms with Crippen LogP contribution in [-0.2, 0) is 22.6 Å². The lowest BCUT2D eigenvalue weighted by atomic mass is 10.00. The minimum atomic E-state index is -0.443. The highest BCUT2D eigenvalue weighted by atomic mass is 16.2. The number of rotatable bonds is 10. The van der Waals surface area contributed by atoms with E-state index in [2.05, 4.69) is 62.5 Å². The van der Waals surface area contributed by atoms with Gasteiger partial charge in [0, 0.05) is 19.0 Å². The summed E-state index contributed by atoms with van der Waals surface area (Å²) < 4.78 is 0. The molecule has 1 fully saturated rings. The first kappa shape index (κ1) is 25.0. The predicted molar refractivity (Wildman–Crippen MR) is 135 cm³/mol. The SMILES string of the molecule is CCC(C(=O)NC1CCCC1)N(Cc1cccc(C)c1)C(=O)CCc1ccc(C(C)C)cc1. The molecule has 0 aromatic heterocycles. The summed E-state index contributed by atoms with van der Waals surface area (Å²) in [4.78, 5) is 28.5. The van der Waals surface area contributed by atoms with Crippen LogP contribution in [0.5, 0.6) is 0 Å². The summed E-state index contributed by atoms with van der Waals surface area (Å²) >= 11 is 0. The number of nitrogens with zero attached hydrogens (tertiary/aromatic N) is 1. The molecule has 0 aliphatic heterocycles. The summed E-state index contributed by atoms with van der Waals surface area (Å²) in [7, 11) is 0. The molecule has 2 amide bonds. The highest BCUT2D eigenvalue weighted by Crippen LogP contribution is 2.21. The Kier molecular flexibility index (Phi) is 9.11. The van der Waals surface area contributed by atoms with Gasteiger partial charge in [0.2, 0.25) is 11.8 Å². The maximum Gasteiger partial charge on any atom is 0.243 e. The van der Waals surface area contributed by atoms with Gasteiger partial charge in [-0.05, 0) is 55.2 Å². The first-order valence-electron chi connectivity index (χ1n) is 12.6. The first-order chi connectivity index (χ1) is 15.9. The zero-order chi connectivity index (χ0) is 23.8. The summed E-state index contributed by atoms with van der Waals surface area (Å²) in [5, 5.41) is 3.22. The molecule has 1 atom stereocenters. The van der Waals surface area contributed by atoms with E-state index >= 15 is 0 Å². The van der Waals surface area contributed by atoms with E-state index in [-0.39, 0.29) is 17.9 Å². The number of carbonyl (C=O) groups excluding carboxylic acids is 2. The molecular weight excluding hydrogens is 408 g/mol. The van der Waals surface area contributed by atoms with Gasteiger partial charge in [0.1, 0.15) is 6.04 Å². The molecule has 1 aliphatic carbocycles. The Bertz CT molecular complexity index is 913. The molecule has 0 spiro atoms. The lowest BCUT2D eigenvalue weighted by Gasteiger charge is -2.31. The molecule has 2 aromatic rings. The van der Waals surface area contributed by atoms with Gasteiger partial charge in [0.05, 0.1) is 0 Å². The summed E-state index contributed by atoms with van der Waals surface area (Å²) in [5.41, 5.74) is 4.69. The Balaban J connectivity index is 1.74. The lowest BCUT2D eigenvalue weighted by Crippen LogP contribution is -2.51. The van der Waals surface area contributed by atoms with Crippen molar-refractivity contribution in [2.45, 2.75) is 97.2 Å². The normalized spacial score (nSPS) is 14.9. The average molecular weight is 449 g/mol. The summed E-state index contributed by atoms with van der Waals surface area (Å²) in [6.45, 7) is 8.89. The van der Waals surface area contributed by atoms with Gasteiger partial charge >= 0.3 is 0 Å². The van der Waals surface area contributed by atoms with E-state index in [0.29, 0.717) is 31.7 Å². The van der Waals surface area contributed by atoms with Crippen molar-refractivity contribution in [2.75, 3.05) is 0 Å². The second-order valence-corrected chi connectivity index (χ2v) is 9.82. The van der Waals surface area contributed by atoms with E-state index in [1.165, 1.54) is 18.4 Å². The summed E-state index contributed by atoms with van der Waals surface area (Å²) in [6.07, 6.45) is 6.12. The Morgan fingerprint density at radius 3 is 2.33 bits per heavy atom. The number of hydrogen-bond donors (Lipinski definition) is 1. The smallest absolute Gasteiger partial charge is 0.243 e. The second kappa shape index (κ2) is 12.0. The Morgan fingerprint density at radius 1 is 1.03 bits per heavy atom. The van der Waals surface area contributed by atoms with Crippen LogP contribution in [0.4, 0.5) is 0 Å². The minimum absolute atomic E-state index is 0.00770. The zero-order valence-corrected chi connectivity index (χ0v) is 20.8. The van der Waals surface area contributed by atoms with Crippen LogP contribution in [0.3, 0.4) is 0 Å². The van der Waals surface area contributed by atoms with Gasteiger partial charge in [-0.3, -0.25) is 9.59 Å². The van der Waals surface area contributed by atoms with E-state index in [0.717, 1.165) is 29.5 Å². The van der Waals surface area contributed by atoms with Gasteiger partial charge in [-0.2, -0.15) is 0 Å². The molecule has 2 aromatic carbocycles. The van der Waals surface area contributed by atoms with Crippen LogP contribution >= 0.6 is 0 Å². The molecule has 0 bridgehead atoms. The Morgan fingerprint density at radius 2 is 1.73 bits per heavy atom. The van der Waals surface area contributed by atoms with Gasteiger partial charge < -0.3 is 10.2 Å². The van der Waals surface area contributed by atoms with Crippen molar-refractivity contribution in [1.29, 1.82) is 0 Å². The Labute approximate surface area is 199 Å². The number of carbonyl (C=O) groups is 2. The monoisotopic (exact) mass is 448 g/mol. The molecule has 1 saturated carbocycles. The Hall–Kier alpha value is -2.62. The van der Waals surface area contributed by atoms with Crippen LogP contribution in [0.25, 0.3) is 0 Å². The van der Waals surface area contributed by atoms with E-state index in [1.807, 2.05) is 24.0 Å². The van der Waals surface area contributed by atoms with Crippen molar-refractivity contribution < 1.29 is 9.59 Å². The molecule has 178 valence electrons. The third kappa shape index (κ3) is 7.18. The first-order valence-corrected chi connectivity index (χ1v) is 12.6. The molecule has 0 saturated heterocycles. The maximum absolute atomic E-state index is 13.5. The number of benzene rings is 2. The van der Waals surface area contributed by atoms with Crippen molar-refractivity contribution in [1.82, 2.24) is 10.2 Å². The molecule has 1 unspecified atom stereocenters. The van der Waals surface area contributed by atoms with Crippen molar-refractivity contribution >= 4 is 11.8 Å². The van der Waals surface area contributed by atoms with Crippen LogP contribution in [0.1, 0.15) is 87.5 Å². The maximum atomic E-state index is 13.5. The highest BCUT2D eigenvalue weighted by Gasteiger charge is 2.30. The van der Waals surface area contributed by atoms with Crippen molar-refractivity contribution in [3.05, 3.63) is 70.8 Å².